The maximum atomic E-state index is 12.4. The lowest BCUT2D eigenvalue weighted by molar-refractivity contribution is -0.121. The molecule has 0 unspecified atom stereocenters. The SMILES string of the molecule is CN(C)c1ccc(CNC(=O)CCc2nc3cc(S(=O)(=O)N(C)C)ccc3n2C)cc1. The molecule has 31 heavy (non-hydrogen) atoms. The van der Waals surface area contributed by atoms with E-state index in [1.807, 2.05) is 54.9 Å². The number of carbonyl (C=O) groups excluding carboxylic acids is 1. The number of nitrogens with one attached hydrogen (secondary N) is 1. The van der Waals surface area contributed by atoms with E-state index in [1.165, 1.54) is 18.4 Å². The smallest absolute Gasteiger partial charge is 0.242 e. The Kier molecular flexibility index (Phi) is 6.66. The van der Waals surface area contributed by atoms with Crippen molar-refractivity contribution < 1.29 is 13.2 Å². The quantitative estimate of drug-likeness (QED) is 0.576. The third kappa shape index (κ3) is 5.05. The van der Waals surface area contributed by atoms with Gasteiger partial charge in [-0.25, -0.2) is 17.7 Å². The molecule has 0 saturated heterocycles. The van der Waals surface area contributed by atoms with Gasteiger partial charge in [-0.3, -0.25) is 4.79 Å². The number of aromatic nitrogens is 2. The van der Waals surface area contributed by atoms with Crippen LogP contribution in [-0.2, 0) is 34.8 Å². The molecular formula is C22H29N5O3S. The maximum Gasteiger partial charge on any atom is 0.242 e. The Morgan fingerprint density at radius 3 is 2.35 bits per heavy atom. The van der Waals surface area contributed by atoms with E-state index in [4.69, 9.17) is 0 Å². The zero-order chi connectivity index (χ0) is 22.8. The van der Waals surface area contributed by atoms with Crippen LogP contribution in [0.3, 0.4) is 0 Å². The molecule has 0 fully saturated rings. The maximum absolute atomic E-state index is 12.4. The van der Waals surface area contributed by atoms with E-state index in [9.17, 15) is 13.2 Å². The van der Waals surface area contributed by atoms with Gasteiger partial charge in [-0.05, 0) is 35.9 Å². The molecule has 2 aromatic carbocycles. The Morgan fingerprint density at radius 1 is 1.06 bits per heavy atom. The number of aryl methyl sites for hydroxylation is 2. The number of sulfonamides is 1. The van der Waals surface area contributed by atoms with Crippen LogP contribution >= 0.6 is 0 Å². The number of benzene rings is 2. The second-order valence-electron chi connectivity index (χ2n) is 7.86. The molecule has 8 nitrogen and oxygen atoms in total. The summed E-state index contributed by atoms with van der Waals surface area (Å²) >= 11 is 0. The summed E-state index contributed by atoms with van der Waals surface area (Å²) in [5, 5.41) is 2.94. The van der Waals surface area contributed by atoms with E-state index in [1.54, 1.807) is 18.2 Å². The molecule has 1 aromatic heterocycles. The molecule has 0 aliphatic rings. The van der Waals surface area contributed by atoms with Gasteiger partial charge in [0.15, 0.2) is 0 Å². The molecule has 0 spiro atoms. The van der Waals surface area contributed by atoms with Crippen LogP contribution in [0.1, 0.15) is 17.8 Å². The Labute approximate surface area is 183 Å². The van der Waals surface area contributed by atoms with Gasteiger partial charge in [0.25, 0.3) is 0 Å². The van der Waals surface area contributed by atoms with Crippen molar-refractivity contribution in [2.45, 2.75) is 24.3 Å². The van der Waals surface area contributed by atoms with Crippen molar-refractivity contribution in [1.82, 2.24) is 19.2 Å². The van der Waals surface area contributed by atoms with Crippen molar-refractivity contribution in [2.75, 3.05) is 33.1 Å². The molecular weight excluding hydrogens is 414 g/mol. The lowest BCUT2D eigenvalue weighted by atomic mass is 10.2. The molecule has 0 atom stereocenters. The summed E-state index contributed by atoms with van der Waals surface area (Å²) < 4.78 is 27.8. The predicted molar refractivity (Wildman–Crippen MR) is 123 cm³/mol. The summed E-state index contributed by atoms with van der Waals surface area (Å²) in [6.45, 7) is 0.473. The molecule has 3 rings (SSSR count). The zero-order valence-electron chi connectivity index (χ0n) is 18.6. The topological polar surface area (TPSA) is 87.5 Å². The number of imidazole rings is 1. The van der Waals surface area contributed by atoms with Crippen LogP contribution in [-0.4, -0.2) is 56.4 Å². The van der Waals surface area contributed by atoms with Crippen LogP contribution < -0.4 is 10.2 Å². The lowest BCUT2D eigenvalue weighted by Crippen LogP contribution is -2.23. The number of hydrogen-bond donors (Lipinski definition) is 1. The van der Waals surface area contributed by atoms with Crippen molar-refractivity contribution in [1.29, 1.82) is 0 Å². The Hall–Kier alpha value is -2.91. The first kappa shape index (κ1) is 22.8. The minimum atomic E-state index is -3.52. The average molecular weight is 444 g/mol. The highest BCUT2D eigenvalue weighted by molar-refractivity contribution is 7.89. The van der Waals surface area contributed by atoms with Crippen molar-refractivity contribution in [2.24, 2.45) is 7.05 Å². The summed E-state index contributed by atoms with van der Waals surface area (Å²) in [6.07, 6.45) is 0.766. The lowest BCUT2D eigenvalue weighted by Gasteiger charge is -2.13. The molecule has 1 amide bonds. The highest BCUT2D eigenvalue weighted by Gasteiger charge is 2.19. The first-order chi connectivity index (χ1) is 14.6. The molecule has 166 valence electrons. The third-order valence-electron chi connectivity index (χ3n) is 5.24. The van der Waals surface area contributed by atoms with Crippen LogP contribution in [0.25, 0.3) is 11.0 Å². The summed E-state index contributed by atoms with van der Waals surface area (Å²) in [4.78, 5) is 19.1. The van der Waals surface area contributed by atoms with E-state index in [0.29, 0.717) is 24.9 Å². The van der Waals surface area contributed by atoms with Gasteiger partial charge in [0.2, 0.25) is 15.9 Å². The number of amides is 1. The average Bonchev–Trinajstić information content (AvgIpc) is 3.05. The summed E-state index contributed by atoms with van der Waals surface area (Å²) in [6, 6.07) is 12.9. The van der Waals surface area contributed by atoms with Gasteiger partial charge in [0.1, 0.15) is 5.82 Å². The Balaban J connectivity index is 1.63. The fraction of sp³-hybridized carbons (Fsp3) is 0.364. The summed E-state index contributed by atoms with van der Waals surface area (Å²) in [5.74, 6) is 0.680. The monoisotopic (exact) mass is 443 g/mol. The van der Waals surface area contributed by atoms with E-state index in [-0.39, 0.29) is 10.8 Å². The normalized spacial score (nSPS) is 11.8. The molecule has 3 aromatic rings. The highest BCUT2D eigenvalue weighted by atomic mass is 32.2. The predicted octanol–water partition coefficient (Wildman–Crippen LogP) is 2.14. The fourth-order valence-corrected chi connectivity index (χ4v) is 4.17. The van der Waals surface area contributed by atoms with Gasteiger partial charge in [-0.2, -0.15) is 0 Å². The fourth-order valence-electron chi connectivity index (χ4n) is 3.25. The number of fused-ring (bicyclic) bond motifs is 1. The van der Waals surface area contributed by atoms with Gasteiger partial charge >= 0.3 is 0 Å². The standard InChI is InChI=1S/C22H29N5O3S/c1-25(2)17-8-6-16(7-9-17)15-23-22(28)13-12-21-24-19-14-18(31(29,30)26(3)4)10-11-20(19)27(21)5/h6-11,14H,12-13,15H2,1-5H3,(H,23,28). The molecule has 1 N–H and O–H groups in total. The van der Waals surface area contributed by atoms with Crippen LogP contribution in [0.15, 0.2) is 47.4 Å². The van der Waals surface area contributed by atoms with Gasteiger partial charge in [-0.15, -0.1) is 0 Å². The first-order valence-electron chi connectivity index (χ1n) is 10.0. The van der Waals surface area contributed by atoms with Crippen molar-refractivity contribution in [3.05, 3.63) is 53.9 Å². The molecule has 0 saturated carbocycles. The number of carbonyl (C=O) groups is 1. The summed E-state index contributed by atoms with van der Waals surface area (Å²) in [7, 11) is 5.32. The van der Waals surface area contributed by atoms with Crippen LogP contribution in [0.4, 0.5) is 5.69 Å². The van der Waals surface area contributed by atoms with Crippen molar-refractivity contribution >= 4 is 32.7 Å². The number of anilines is 1. The van der Waals surface area contributed by atoms with Gasteiger partial charge < -0.3 is 14.8 Å². The van der Waals surface area contributed by atoms with Crippen LogP contribution in [0, 0.1) is 0 Å². The highest BCUT2D eigenvalue weighted by Crippen LogP contribution is 2.22. The Morgan fingerprint density at radius 2 is 1.74 bits per heavy atom. The van der Waals surface area contributed by atoms with E-state index in [0.717, 1.165) is 22.6 Å². The van der Waals surface area contributed by atoms with Crippen molar-refractivity contribution in [3.63, 3.8) is 0 Å². The molecule has 0 radical (unpaired) electrons. The second-order valence-corrected chi connectivity index (χ2v) is 10.0. The van der Waals surface area contributed by atoms with Crippen molar-refractivity contribution in [3.8, 4) is 0 Å². The van der Waals surface area contributed by atoms with Gasteiger partial charge in [-0.1, -0.05) is 12.1 Å². The minimum absolute atomic E-state index is 0.0559. The second kappa shape index (κ2) is 9.07. The van der Waals surface area contributed by atoms with E-state index >= 15 is 0 Å². The zero-order valence-corrected chi connectivity index (χ0v) is 19.4. The van der Waals surface area contributed by atoms with Crippen LogP contribution in [0.5, 0.6) is 0 Å². The number of rotatable bonds is 8. The molecule has 1 heterocycles. The molecule has 9 heteroatoms. The van der Waals surface area contributed by atoms with E-state index < -0.39 is 10.0 Å². The Bertz CT molecular complexity index is 1180. The van der Waals surface area contributed by atoms with Crippen LogP contribution in [0.2, 0.25) is 0 Å². The summed E-state index contributed by atoms with van der Waals surface area (Å²) in [5.41, 5.74) is 3.57. The molecule has 0 bridgehead atoms. The van der Waals surface area contributed by atoms with Gasteiger partial charge in [0.05, 0.1) is 15.9 Å². The van der Waals surface area contributed by atoms with Gasteiger partial charge in [0, 0.05) is 60.3 Å². The molecule has 0 aliphatic carbocycles. The largest absolute Gasteiger partial charge is 0.378 e. The van der Waals surface area contributed by atoms with E-state index in [2.05, 4.69) is 10.3 Å². The number of nitrogens with zero attached hydrogens (tertiary/aromatic N) is 4. The number of hydrogen-bond acceptors (Lipinski definition) is 5. The minimum Gasteiger partial charge on any atom is -0.378 e. The molecule has 0 aliphatic heterocycles. The first-order valence-corrected chi connectivity index (χ1v) is 11.4. The third-order valence-corrected chi connectivity index (χ3v) is 7.05.